The highest BCUT2D eigenvalue weighted by atomic mass is 15.1. The molecule has 50 heavy (non-hydrogen) atoms. The van der Waals surface area contributed by atoms with Crippen molar-refractivity contribution < 1.29 is 0 Å². The Hall–Kier alpha value is -0.790. The van der Waals surface area contributed by atoms with Gasteiger partial charge in [-0.2, -0.15) is 0 Å². The first-order chi connectivity index (χ1) is 24.7. The van der Waals surface area contributed by atoms with Crippen molar-refractivity contribution in [1.29, 1.82) is 0 Å². The quantitative estimate of drug-likeness (QED) is 0.0623. The molecule has 0 aliphatic heterocycles. The van der Waals surface area contributed by atoms with Gasteiger partial charge in [-0.05, 0) is 26.2 Å². The summed E-state index contributed by atoms with van der Waals surface area (Å²) in [5.41, 5.74) is 0. The molecule has 0 aromatic carbocycles. The normalized spacial score (nSPS) is 13.0. The van der Waals surface area contributed by atoms with Crippen LogP contribution in [0.15, 0.2) is 12.4 Å². The Balaban J connectivity index is 2.33. The molecule has 0 aliphatic rings. The molecule has 0 radical (unpaired) electrons. The summed E-state index contributed by atoms with van der Waals surface area (Å²) >= 11 is 0. The molecule has 0 N–H and O–H groups in total. The van der Waals surface area contributed by atoms with Crippen molar-refractivity contribution in [3.05, 3.63) is 18.2 Å². The first-order valence-corrected chi connectivity index (χ1v) is 23.8. The third-order valence-corrected chi connectivity index (χ3v) is 11.8. The van der Waals surface area contributed by atoms with E-state index in [-0.39, 0.29) is 0 Å². The van der Waals surface area contributed by atoms with Crippen LogP contribution >= 0.6 is 0 Å². The molecule has 0 aliphatic carbocycles. The monoisotopic (exact) mass is 699 g/mol. The van der Waals surface area contributed by atoms with Crippen LogP contribution in [0.2, 0.25) is 0 Å². The van der Waals surface area contributed by atoms with E-state index in [2.05, 4.69) is 44.7 Å². The minimum absolute atomic E-state index is 0.586. The second kappa shape index (κ2) is 38.0. The summed E-state index contributed by atoms with van der Waals surface area (Å²) in [5.74, 6) is 2.07. The number of nitrogens with zero attached hydrogens (tertiary/aromatic N) is 2. The topological polar surface area (TPSA) is 17.8 Å². The first-order valence-electron chi connectivity index (χ1n) is 23.8. The van der Waals surface area contributed by atoms with Crippen LogP contribution in [0.25, 0.3) is 0 Å². The molecule has 2 nitrogen and oxygen atoms in total. The smallest absolute Gasteiger partial charge is 0.111 e. The highest BCUT2D eigenvalue weighted by molar-refractivity contribution is 5.02. The highest BCUT2D eigenvalue weighted by Crippen LogP contribution is 2.31. The van der Waals surface area contributed by atoms with E-state index in [1.165, 1.54) is 256 Å². The fourth-order valence-corrected chi connectivity index (χ4v) is 8.30. The zero-order chi connectivity index (χ0) is 36.0. The minimum Gasteiger partial charge on any atom is -0.332 e. The van der Waals surface area contributed by atoms with Gasteiger partial charge >= 0.3 is 0 Å². The second-order valence-electron chi connectivity index (χ2n) is 16.8. The maximum absolute atomic E-state index is 5.05. The van der Waals surface area contributed by atoms with E-state index in [0.717, 1.165) is 0 Å². The second-order valence-corrected chi connectivity index (χ2v) is 16.8. The molecular formula is C48H94N2. The van der Waals surface area contributed by atoms with Crippen LogP contribution in [0.1, 0.15) is 296 Å². The van der Waals surface area contributed by atoms with Gasteiger partial charge < -0.3 is 4.57 Å². The van der Waals surface area contributed by atoms with Gasteiger partial charge in [-0.25, -0.2) is 4.98 Å². The standard InChI is InChI=1S/C48H94N2/c1-5-8-11-14-17-19-21-23-24-25-26-27-29-31-34-37-40-43-47(42-39-36-33-30-28-22-20-18-15-12-9-6-2)48-49-44-45-50(48)46(4)41-38-35-32-16-13-10-7-3/h44-47H,5-43H2,1-4H3. The van der Waals surface area contributed by atoms with E-state index in [1.807, 2.05) is 0 Å². The molecule has 0 amide bonds. The van der Waals surface area contributed by atoms with E-state index in [1.54, 1.807) is 0 Å². The van der Waals surface area contributed by atoms with E-state index in [0.29, 0.717) is 12.0 Å². The van der Waals surface area contributed by atoms with Crippen LogP contribution in [0.5, 0.6) is 0 Å². The molecule has 2 unspecified atom stereocenters. The number of hydrogen-bond acceptors (Lipinski definition) is 1. The average molecular weight is 699 g/mol. The van der Waals surface area contributed by atoms with Crippen LogP contribution in [0, 0.1) is 0 Å². The zero-order valence-electron chi connectivity index (χ0n) is 35.3. The number of unbranched alkanes of at least 4 members (excludes halogenated alkanes) is 33. The Bertz CT molecular complexity index is 768. The Morgan fingerprint density at radius 2 is 0.640 bits per heavy atom. The van der Waals surface area contributed by atoms with Crippen LogP contribution in [-0.4, -0.2) is 9.55 Å². The van der Waals surface area contributed by atoms with E-state index >= 15 is 0 Å². The van der Waals surface area contributed by atoms with Gasteiger partial charge in [0, 0.05) is 24.4 Å². The molecule has 0 spiro atoms. The lowest BCUT2D eigenvalue weighted by molar-refractivity contribution is 0.412. The lowest BCUT2D eigenvalue weighted by Gasteiger charge is -2.22. The predicted molar refractivity (Wildman–Crippen MR) is 227 cm³/mol. The fourth-order valence-electron chi connectivity index (χ4n) is 8.30. The molecule has 0 bridgehead atoms. The number of imidazole rings is 1. The molecule has 0 saturated heterocycles. The summed E-state index contributed by atoms with van der Waals surface area (Å²) in [6, 6.07) is 0.586. The number of hydrogen-bond donors (Lipinski definition) is 0. The van der Waals surface area contributed by atoms with Crippen molar-refractivity contribution in [2.45, 2.75) is 290 Å². The number of rotatable bonds is 41. The van der Waals surface area contributed by atoms with E-state index in [9.17, 15) is 0 Å². The largest absolute Gasteiger partial charge is 0.332 e. The summed E-state index contributed by atoms with van der Waals surface area (Å²) in [6.45, 7) is 9.40. The summed E-state index contributed by atoms with van der Waals surface area (Å²) in [7, 11) is 0. The molecule has 296 valence electrons. The molecule has 1 rings (SSSR count). The van der Waals surface area contributed by atoms with Crippen molar-refractivity contribution >= 4 is 0 Å². The zero-order valence-corrected chi connectivity index (χ0v) is 35.3. The van der Waals surface area contributed by atoms with Crippen molar-refractivity contribution in [2.24, 2.45) is 0 Å². The van der Waals surface area contributed by atoms with E-state index in [4.69, 9.17) is 4.98 Å². The highest BCUT2D eigenvalue weighted by Gasteiger charge is 2.19. The lowest BCUT2D eigenvalue weighted by atomic mass is 9.92. The third kappa shape index (κ3) is 28.8. The summed E-state index contributed by atoms with van der Waals surface area (Å²) in [5, 5.41) is 0. The maximum atomic E-state index is 5.05. The minimum atomic E-state index is 0.586. The Morgan fingerprint density at radius 3 is 0.940 bits per heavy atom. The predicted octanol–water partition coefficient (Wildman–Crippen LogP) is 17.8. The summed E-state index contributed by atoms with van der Waals surface area (Å²) in [6.07, 6.45) is 60.1. The van der Waals surface area contributed by atoms with Crippen LogP contribution in [-0.2, 0) is 0 Å². The van der Waals surface area contributed by atoms with E-state index < -0.39 is 0 Å². The molecular weight excluding hydrogens is 605 g/mol. The van der Waals surface area contributed by atoms with Gasteiger partial charge in [0.15, 0.2) is 0 Å². The van der Waals surface area contributed by atoms with Gasteiger partial charge in [0.25, 0.3) is 0 Å². The van der Waals surface area contributed by atoms with Gasteiger partial charge in [-0.15, -0.1) is 0 Å². The molecule has 1 heterocycles. The van der Waals surface area contributed by atoms with Crippen LogP contribution in [0.4, 0.5) is 0 Å². The SMILES string of the molecule is CCCCCCCCCCCCCCCCCCCC(CCCCCCCCCCCCCC)c1nccn1C(C)CCCCCCCCC. The molecule has 0 fully saturated rings. The maximum Gasteiger partial charge on any atom is 0.111 e. The molecule has 0 saturated carbocycles. The van der Waals surface area contributed by atoms with Crippen molar-refractivity contribution in [1.82, 2.24) is 9.55 Å². The van der Waals surface area contributed by atoms with Crippen molar-refractivity contribution in [3.8, 4) is 0 Å². The fraction of sp³-hybridized carbons (Fsp3) is 0.938. The Morgan fingerprint density at radius 1 is 0.380 bits per heavy atom. The van der Waals surface area contributed by atoms with Crippen LogP contribution in [0.3, 0.4) is 0 Å². The van der Waals surface area contributed by atoms with Gasteiger partial charge in [0.05, 0.1) is 0 Å². The number of aromatic nitrogens is 2. The molecule has 2 atom stereocenters. The van der Waals surface area contributed by atoms with Gasteiger partial charge in [0.2, 0.25) is 0 Å². The molecule has 1 aromatic heterocycles. The third-order valence-electron chi connectivity index (χ3n) is 11.8. The van der Waals surface area contributed by atoms with Gasteiger partial charge in [-0.1, -0.05) is 252 Å². The van der Waals surface area contributed by atoms with Gasteiger partial charge in [0.1, 0.15) is 5.82 Å². The average Bonchev–Trinajstić information content (AvgIpc) is 3.62. The summed E-state index contributed by atoms with van der Waals surface area (Å²) in [4.78, 5) is 5.05. The first kappa shape index (κ1) is 47.2. The Labute approximate surface area is 316 Å². The van der Waals surface area contributed by atoms with Crippen LogP contribution < -0.4 is 0 Å². The molecule has 1 aromatic rings. The van der Waals surface area contributed by atoms with Gasteiger partial charge in [-0.3, -0.25) is 0 Å². The van der Waals surface area contributed by atoms with Crippen molar-refractivity contribution in [3.63, 3.8) is 0 Å². The lowest BCUT2D eigenvalue weighted by Crippen LogP contribution is -2.13. The summed E-state index contributed by atoms with van der Waals surface area (Å²) < 4.78 is 2.59. The molecule has 2 heteroatoms. The van der Waals surface area contributed by atoms with Crippen molar-refractivity contribution in [2.75, 3.05) is 0 Å². The Kier molecular flexibility index (Phi) is 35.8.